The summed E-state index contributed by atoms with van der Waals surface area (Å²) in [7, 11) is 1.48. The predicted molar refractivity (Wildman–Crippen MR) is 73.3 cm³/mol. The molecule has 118 valence electrons. The number of ether oxygens (including phenoxy) is 1. The molecule has 1 fully saturated rings. The fourth-order valence-electron chi connectivity index (χ4n) is 2.45. The van der Waals surface area contributed by atoms with Gasteiger partial charge in [-0.05, 0) is 31.9 Å². The molecule has 0 bridgehead atoms. The number of nitrogens with zero attached hydrogens (tertiary/aromatic N) is 1. The summed E-state index contributed by atoms with van der Waals surface area (Å²) in [6.07, 6.45) is -3.73. The van der Waals surface area contributed by atoms with Crippen LogP contribution in [0.25, 0.3) is 0 Å². The molecule has 0 heterocycles. The van der Waals surface area contributed by atoms with Crippen molar-refractivity contribution in [2.24, 2.45) is 0 Å². The number of halogens is 3. The zero-order valence-corrected chi connectivity index (χ0v) is 12.2. The van der Waals surface area contributed by atoms with Gasteiger partial charge in [0.25, 0.3) is 0 Å². The summed E-state index contributed by atoms with van der Waals surface area (Å²) in [4.78, 5) is 1.31. The van der Waals surface area contributed by atoms with Crippen LogP contribution >= 0.6 is 0 Å². The van der Waals surface area contributed by atoms with E-state index >= 15 is 0 Å². The number of hydrogen-bond donors (Lipinski definition) is 1. The molecule has 1 atom stereocenters. The van der Waals surface area contributed by atoms with Crippen molar-refractivity contribution in [3.05, 3.63) is 29.3 Å². The van der Waals surface area contributed by atoms with Gasteiger partial charge >= 0.3 is 6.18 Å². The normalized spacial score (nSPS) is 17.1. The lowest BCUT2D eigenvalue weighted by Crippen LogP contribution is -2.38. The van der Waals surface area contributed by atoms with Gasteiger partial charge < -0.3 is 9.84 Å². The van der Waals surface area contributed by atoms with E-state index < -0.39 is 18.8 Å². The average molecular weight is 303 g/mol. The van der Waals surface area contributed by atoms with Crippen LogP contribution in [0.1, 0.15) is 30.1 Å². The third-order valence-corrected chi connectivity index (χ3v) is 3.60. The Morgan fingerprint density at radius 2 is 2.05 bits per heavy atom. The molecule has 3 nitrogen and oxygen atoms in total. The molecule has 1 aliphatic rings. The minimum Gasteiger partial charge on any atom is -0.496 e. The number of hydrogen-bond acceptors (Lipinski definition) is 3. The van der Waals surface area contributed by atoms with Gasteiger partial charge in [-0.25, -0.2) is 0 Å². The summed E-state index contributed by atoms with van der Waals surface area (Å²) in [6.45, 7) is 0.844. The van der Waals surface area contributed by atoms with E-state index in [2.05, 4.69) is 0 Å². The Morgan fingerprint density at radius 3 is 2.57 bits per heavy atom. The molecule has 2 rings (SSSR count). The number of aliphatic hydroxyl groups is 1. The Morgan fingerprint density at radius 1 is 1.38 bits per heavy atom. The fourth-order valence-corrected chi connectivity index (χ4v) is 2.45. The molecule has 1 unspecified atom stereocenters. The second kappa shape index (κ2) is 6.23. The van der Waals surface area contributed by atoms with Gasteiger partial charge in [0.2, 0.25) is 0 Å². The molecular weight excluding hydrogens is 283 g/mol. The maximum absolute atomic E-state index is 12.6. The second-order valence-corrected chi connectivity index (χ2v) is 5.54. The third-order valence-electron chi connectivity index (χ3n) is 3.60. The molecular formula is C15H20F3NO2. The number of alkyl halides is 3. The molecule has 0 aliphatic heterocycles. The van der Waals surface area contributed by atoms with E-state index in [1.165, 1.54) is 12.0 Å². The topological polar surface area (TPSA) is 32.7 Å². The quantitative estimate of drug-likeness (QED) is 0.876. The molecule has 0 radical (unpaired) electrons. The summed E-state index contributed by atoms with van der Waals surface area (Å²) in [5.41, 5.74) is 1.46. The highest BCUT2D eigenvalue weighted by Gasteiger charge is 2.39. The Bertz CT molecular complexity index is 486. The van der Waals surface area contributed by atoms with Crippen molar-refractivity contribution in [3.63, 3.8) is 0 Å². The minimum absolute atomic E-state index is 0.0377. The number of methoxy groups -OCH3 is 1. The van der Waals surface area contributed by atoms with Gasteiger partial charge in [0.05, 0.1) is 19.8 Å². The van der Waals surface area contributed by atoms with Gasteiger partial charge in [0, 0.05) is 18.2 Å². The highest BCUT2D eigenvalue weighted by molar-refractivity contribution is 5.38. The lowest BCUT2D eigenvalue weighted by Gasteiger charge is -2.26. The molecule has 0 aromatic heterocycles. The second-order valence-electron chi connectivity index (χ2n) is 5.54. The van der Waals surface area contributed by atoms with Gasteiger partial charge in [-0.2, -0.15) is 13.2 Å². The van der Waals surface area contributed by atoms with Crippen LogP contribution in [0, 0.1) is 6.92 Å². The SMILES string of the molecule is COc1ccc(C)cc1C(O)CN(CC(F)(F)F)C1CC1. The van der Waals surface area contributed by atoms with E-state index in [4.69, 9.17) is 4.74 Å². The zero-order chi connectivity index (χ0) is 15.6. The maximum Gasteiger partial charge on any atom is 0.401 e. The zero-order valence-electron chi connectivity index (χ0n) is 12.2. The van der Waals surface area contributed by atoms with E-state index in [9.17, 15) is 18.3 Å². The van der Waals surface area contributed by atoms with Crippen molar-refractivity contribution in [1.82, 2.24) is 4.90 Å². The van der Waals surface area contributed by atoms with Crippen LogP contribution < -0.4 is 4.74 Å². The van der Waals surface area contributed by atoms with Gasteiger partial charge in [-0.3, -0.25) is 4.90 Å². The van der Waals surface area contributed by atoms with Crippen LogP contribution in [0.2, 0.25) is 0 Å². The van der Waals surface area contributed by atoms with Crippen LogP contribution in [0.5, 0.6) is 5.75 Å². The predicted octanol–water partition coefficient (Wildman–Crippen LogP) is 3.06. The standard InChI is InChI=1S/C15H20F3NO2/c1-10-3-6-14(21-2)12(7-10)13(20)8-19(11-4-5-11)9-15(16,17)18/h3,6-7,11,13,20H,4-5,8-9H2,1-2H3. The van der Waals surface area contributed by atoms with Crippen LogP contribution in [-0.4, -0.2) is 42.4 Å². The summed E-state index contributed by atoms with van der Waals surface area (Å²) in [5.74, 6) is 0.496. The maximum atomic E-state index is 12.6. The van der Waals surface area contributed by atoms with E-state index in [1.54, 1.807) is 12.1 Å². The van der Waals surface area contributed by atoms with Crippen LogP contribution in [0.15, 0.2) is 18.2 Å². The average Bonchev–Trinajstić information content (AvgIpc) is 3.20. The molecule has 1 aliphatic carbocycles. The fraction of sp³-hybridized carbons (Fsp3) is 0.600. The molecule has 1 N–H and O–H groups in total. The van der Waals surface area contributed by atoms with E-state index in [1.807, 2.05) is 13.0 Å². The number of rotatable bonds is 6. The molecule has 21 heavy (non-hydrogen) atoms. The van der Waals surface area contributed by atoms with Crippen LogP contribution in [-0.2, 0) is 0 Å². The number of aliphatic hydroxyl groups excluding tert-OH is 1. The molecule has 1 aromatic carbocycles. The van der Waals surface area contributed by atoms with Crippen LogP contribution in [0.4, 0.5) is 13.2 Å². The molecule has 0 saturated heterocycles. The highest BCUT2D eigenvalue weighted by atomic mass is 19.4. The van der Waals surface area contributed by atoms with Crippen molar-refractivity contribution in [2.75, 3.05) is 20.2 Å². The van der Waals surface area contributed by atoms with Gasteiger partial charge in [0.1, 0.15) is 5.75 Å². The van der Waals surface area contributed by atoms with Crippen molar-refractivity contribution in [3.8, 4) is 5.75 Å². The first-order chi connectivity index (χ1) is 9.80. The number of benzene rings is 1. The van der Waals surface area contributed by atoms with Crippen molar-refractivity contribution in [1.29, 1.82) is 0 Å². The Hall–Kier alpha value is -1.27. The van der Waals surface area contributed by atoms with E-state index in [-0.39, 0.29) is 12.6 Å². The van der Waals surface area contributed by atoms with Gasteiger partial charge in [0.15, 0.2) is 0 Å². The molecule has 6 heteroatoms. The summed E-state index contributed by atoms with van der Waals surface area (Å²) < 4.78 is 43.0. The van der Waals surface area contributed by atoms with E-state index in [0.29, 0.717) is 11.3 Å². The van der Waals surface area contributed by atoms with Crippen molar-refractivity contribution in [2.45, 2.75) is 38.1 Å². The summed E-state index contributed by atoms with van der Waals surface area (Å²) in [5, 5.41) is 10.3. The van der Waals surface area contributed by atoms with E-state index in [0.717, 1.165) is 18.4 Å². The Kier molecular flexibility index (Phi) is 4.78. The lowest BCUT2D eigenvalue weighted by atomic mass is 10.0. The highest BCUT2D eigenvalue weighted by Crippen LogP contribution is 2.33. The Balaban J connectivity index is 2.11. The van der Waals surface area contributed by atoms with Crippen LogP contribution in [0.3, 0.4) is 0 Å². The van der Waals surface area contributed by atoms with Gasteiger partial charge in [-0.1, -0.05) is 11.6 Å². The molecule has 0 spiro atoms. The smallest absolute Gasteiger partial charge is 0.401 e. The first-order valence-electron chi connectivity index (χ1n) is 6.93. The first kappa shape index (κ1) is 16.1. The largest absolute Gasteiger partial charge is 0.496 e. The summed E-state index contributed by atoms with van der Waals surface area (Å²) >= 11 is 0. The monoisotopic (exact) mass is 303 g/mol. The Labute approximate surface area is 122 Å². The minimum atomic E-state index is -4.25. The van der Waals surface area contributed by atoms with Crippen molar-refractivity contribution >= 4 is 0 Å². The molecule has 1 saturated carbocycles. The summed E-state index contributed by atoms with van der Waals surface area (Å²) in [6, 6.07) is 5.24. The first-order valence-corrected chi connectivity index (χ1v) is 6.93. The molecule has 1 aromatic rings. The number of aryl methyl sites for hydroxylation is 1. The molecule has 0 amide bonds. The lowest BCUT2D eigenvalue weighted by molar-refractivity contribution is -0.150. The van der Waals surface area contributed by atoms with Crippen molar-refractivity contribution < 1.29 is 23.0 Å². The third kappa shape index (κ3) is 4.61. The van der Waals surface area contributed by atoms with Gasteiger partial charge in [-0.15, -0.1) is 0 Å².